The number of hydrogen-bond acceptors (Lipinski definition) is 4. The van der Waals surface area contributed by atoms with Gasteiger partial charge in [-0.1, -0.05) is 6.07 Å². The molecule has 19 heavy (non-hydrogen) atoms. The monoisotopic (exact) mass is 341 g/mol. The third kappa shape index (κ3) is 3.05. The predicted octanol–water partition coefficient (Wildman–Crippen LogP) is 2.54. The predicted molar refractivity (Wildman–Crippen MR) is 78.3 cm³/mol. The number of nitrogens with one attached hydrogen (secondary N) is 1. The number of nitrogens with zero attached hydrogens (tertiary/aromatic N) is 1. The van der Waals surface area contributed by atoms with E-state index in [1.807, 2.05) is 6.92 Å². The number of nitrogens with two attached hydrogens (primary N) is 1. The average molecular weight is 342 g/mol. The van der Waals surface area contributed by atoms with E-state index >= 15 is 0 Å². The zero-order valence-corrected chi connectivity index (χ0v) is 12.5. The standard InChI is InChI=1S/C12H12BrN3O2S/c1-8-4-5-9(7-11(8)14)19(17,18)16-12-10(13)3-2-6-15-12/h2-7H,14H2,1H3,(H,15,16). The van der Waals surface area contributed by atoms with Crippen LogP contribution in [0.1, 0.15) is 5.56 Å². The molecule has 7 heteroatoms. The van der Waals surface area contributed by atoms with Gasteiger partial charge in [-0.25, -0.2) is 13.4 Å². The van der Waals surface area contributed by atoms with Gasteiger partial charge in [0.05, 0.1) is 9.37 Å². The molecular weight excluding hydrogens is 330 g/mol. The molecule has 0 bridgehead atoms. The molecule has 0 fully saturated rings. The minimum Gasteiger partial charge on any atom is -0.398 e. The molecule has 0 amide bonds. The van der Waals surface area contributed by atoms with Crippen LogP contribution in [0.5, 0.6) is 0 Å². The molecule has 1 aromatic carbocycles. The Morgan fingerprint density at radius 2 is 2.05 bits per heavy atom. The van der Waals surface area contributed by atoms with E-state index in [1.54, 1.807) is 18.2 Å². The van der Waals surface area contributed by atoms with E-state index in [1.165, 1.54) is 18.3 Å². The summed E-state index contributed by atoms with van der Waals surface area (Å²) in [5.41, 5.74) is 6.99. The number of pyridine rings is 1. The van der Waals surface area contributed by atoms with Gasteiger partial charge < -0.3 is 5.73 Å². The van der Waals surface area contributed by atoms with Gasteiger partial charge >= 0.3 is 0 Å². The lowest BCUT2D eigenvalue weighted by Gasteiger charge is -2.09. The van der Waals surface area contributed by atoms with Crippen molar-refractivity contribution in [2.24, 2.45) is 0 Å². The average Bonchev–Trinajstić information content (AvgIpc) is 2.35. The van der Waals surface area contributed by atoms with Crippen molar-refractivity contribution in [2.45, 2.75) is 11.8 Å². The van der Waals surface area contributed by atoms with Crippen LogP contribution < -0.4 is 10.5 Å². The van der Waals surface area contributed by atoms with E-state index < -0.39 is 10.0 Å². The fourth-order valence-corrected chi connectivity index (χ4v) is 2.98. The van der Waals surface area contributed by atoms with Crippen molar-refractivity contribution in [3.05, 3.63) is 46.6 Å². The van der Waals surface area contributed by atoms with Crippen molar-refractivity contribution in [1.29, 1.82) is 0 Å². The number of sulfonamides is 1. The molecule has 0 saturated heterocycles. The van der Waals surface area contributed by atoms with Crippen LogP contribution in [0.2, 0.25) is 0 Å². The van der Waals surface area contributed by atoms with Gasteiger partial charge in [-0.05, 0) is 52.7 Å². The molecule has 0 unspecified atom stereocenters. The molecule has 2 rings (SSSR count). The normalized spacial score (nSPS) is 11.3. The lowest BCUT2D eigenvalue weighted by atomic mass is 10.2. The van der Waals surface area contributed by atoms with E-state index in [9.17, 15) is 8.42 Å². The largest absolute Gasteiger partial charge is 0.398 e. The molecule has 2 aromatic rings. The second kappa shape index (κ2) is 5.18. The first-order chi connectivity index (χ1) is 8.90. The maximum absolute atomic E-state index is 12.2. The summed E-state index contributed by atoms with van der Waals surface area (Å²) in [4.78, 5) is 4.07. The van der Waals surface area contributed by atoms with Crippen LogP contribution in [0.4, 0.5) is 11.5 Å². The van der Waals surface area contributed by atoms with Crippen LogP contribution in [-0.2, 0) is 10.0 Å². The number of aryl methyl sites for hydroxylation is 1. The van der Waals surface area contributed by atoms with Crippen molar-refractivity contribution in [3.63, 3.8) is 0 Å². The van der Waals surface area contributed by atoms with Crippen molar-refractivity contribution in [2.75, 3.05) is 10.5 Å². The topological polar surface area (TPSA) is 85.1 Å². The number of hydrogen-bond donors (Lipinski definition) is 2. The Morgan fingerprint density at radius 3 is 2.68 bits per heavy atom. The Kier molecular flexibility index (Phi) is 3.77. The Bertz CT molecular complexity index is 717. The molecule has 1 heterocycles. The molecule has 100 valence electrons. The second-order valence-electron chi connectivity index (χ2n) is 3.96. The van der Waals surface area contributed by atoms with Crippen LogP contribution >= 0.6 is 15.9 Å². The van der Waals surface area contributed by atoms with Crippen LogP contribution in [0.15, 0.2) is 45.9 Å². The van der Waals surface area contributed by atoms with Gasteiger partial charge in [-0.15, -0.1) is 0 Å². The summed E-state index contributed by atoms with van der Waals surface area (Å²) in [7, 11) is -3.70. The minimum absolute atomic E-state index is 0.105. The summed E-state index contributed by atoms with van der Waals surface area (Å²) in [6, 6.07) is 8.00. The highest BCUT2D eigenvalue weighted by molar-refractivity contribution is 9.10. The summed E-state index contributed by atoms with van der Waals surface area (Å²) >= 11 is 3.23. The maximum atomic E-state index is 12.2. The lowest BCUT2D eigenvalue weighted by Crippen LogP contribution is -2.14. The quantitative estimate of drug-likeness (QED) is 0.840. The Labute approximate surface area is 120 Å². The van der Waals surface area contributed by atoms with Gasteiger partial charge in [-0.3, -0.25) is 4.72 Å². The fraction of sp³-hybridized carbons (Fsp3) is 0.0833. The first-order valence-electron chi connectivity index (χ1n) is 5.39. The van der Waals surface area contributed by atoms with Gasteiger partial charge in [0.1, 0.15) is 0 Å². The zero-order chi connectivity index (χ0) is 14.0. The number of aromatic nitrogens is 1. The number of halogens is 1. The fourth-order valence-electron chi connectivity index (χ4n) is 1.43. The highest BCUT2D eigenvalue weighted by Gasteiger charge is 2.16. The van der Waals surface area contributed by atoms with Crippen LogP contribution in [0.25, 0.3) is 0 Å². The summed E-state index contributed by atoms with van der Waals surface area (Å²) in [5, 5.41) is 0. The third-order valence-corrected chi connectivity index (χ3v) is 4.53. The van der Waals surface area contributed by atoms with Crippen molar-refractivity contribution < 1.29 is 8.42 Å². The second-order valence-corrected chi connectivity index (χ2v) is 6.49. The Hall–Kier alpha value is -1.60. The van der Waals surface area contributed by atoms with Crippen molar-refractivity contribution in [1.82, 2.24) is 4.98 Å². The molecule has 5 nitrogen and oxygen atoms in total. The molecule has 0 aliphatic carbocycles. The molecule has 3 N–H and O–H groups in total. The first kappa shape index (κ1) is 13.8. The van der Waals surface area contributed by atoms with E-state index in [0.29, 0.717) is 10.2 Å². The Morgan fingerprint density at radius 1 is 1.32 bits per heavy atom. The number of rotatable bonds is 3. The first-order valence-corrected chi connectivity index (χ1v) is 7.67. The van der Waals surface area contributed by atoms with Crippen LogP contribution in [-0.4, -0.2) is 13.4 Å². The SMILES string of the molecule is Cc1ccc(S(=O)(=O)Nc2ncccc2Br)cc1N. The summed E-state index contributed by atoms with van der Waals surface area (Å²) in [6.07, 6.45) is 1.51. The zero-order valence-electron chi connectivity index (χ0n) is 10.1. The molecule has 0 saturated carbocycles. The van der Waals surface area contributed by atoms with Gasteiger partial charge in [0.2, 0.25) is 0 Å². The van der Waals surface area contributed by atoms with E-state index in [0.717, 1.165) is 5.56 Å². The van der Waals surface area contributed by atoms with E-state index in [-0.39, 0.29) is 10.7 Å². The van der Waals surface area contributed by atoms with Gasteiger partial charge in [0.15, 0.2) is 5.82 Å². The molecule has 0 atom stereocenters. The molecule has 0 aliphatic heterocycles. The van der Waals surface area contributed by atoms with Crippen LogP contribution in [0.3, 0.4) is 0 Å². The van der Waals surface area contributed by atoms with Gasteiger partial charge in [0.25, 0.3) is 10.0 Å². The summed E-state index contributed by atoms with van der Waals surface area (Å²) in [5.74, 6) is 0.238. The van der Waals surface area contributed by atoms with Crippen LogP contribution in [0, 0.1) is 6.92 Å². The minimum atomic E-state index is -3.70. The van der Waals surface area contributed by atoms with E-state index in [4.69, 9.17) is 5.73 Å². The maximum Gasteiger partial charge on any atom is 0.263 e. The highest BCUT2D eigenvalue weighted by Crippen LogP contribution is 2.23. The smallest absolute Gasteiger partial charge is 0.263 e. The lowest BCUT2D eigenvalue weighted by molar-refractivity contribution is 0.601. The third-order valence-electron chi connectivity index (χ3n) is 2.55. The molecule has 0 radical (unpaired) electrons. The summed E-state index contributed by atoms with van der Waals surface area (Å²) < 4.78 is 27.4. The highest BCUT2D eigenvalue weighted by atomic mass is 79.9. The number of nitrogen functional groups attached to an aromatic ring is 1. The summed E-state index contributed by atoms with van der Waals surface area (Å²) in [6.45, 7) is 1.81. The molecule has 0 aliphatic rings. The Balaban J connectivity index is 2.38. The number of benzene rings is 1. The molecule has 0 spiro atoms. The van der Waals surface area contributed by atoms with Crippen molar-refractivity contribution in [3.8, 4) is 0 Å². The number of anilines is 2. The van der Waals surface area contributed by atoms with Gasteiger partial charge in [-0.2, -0.15) is 0 Å². The molecular formula is C12H12BrN3O2S. The van der Waals surface area contributed by atoms with Crippen molar-refractivity contribution >= 4 is 37.5 Å². The van der Waals surface area contributed by atoms with Gasteiger partial charge in [0, 0.05) is 11.9 Å². The van der Waals surface area contributed by atoms with E-state index in [2.05, 4.69) is 25.6 Å². The molecule has 1 aromatic heterocycles.